The molecule has 0 unspecified atom stereocenters. The van der Waals surface area contributed by atoms with Gasteiger partial charge in [0.05, 0.1) is 5.69 Å². The van der Waals surface area contributed by atoms with Crippen LogP contribution in [0.4, 0.5) is 14.5 Å². The summed E-state index contributed by atoms with van der Waals surface area (Å²) in [6, 6.07) is 5.32. The van der Waals surface area contributed by atoms with Crippen molar-refractivity contribution in [2.45, 2.75) is 13.5 Å². The van der Waals surface area contributed by atoms with Crippen LogP contribution in [0.1, 0.15) is 15.4 Å². The molecule has 0 aliphatic rings. The van der Waals surface area contributed by atoms with Crippen molar-refractivity contribution in [3.63, 3.8) is 0 Å². The number of anilines is 1. The lowest BCUT2D eigenvalue weighted by Crippen LogP contribution is -2.20. The van der Waals surface area contributed by atoms with E-state index < -0.39 is 25.1 Å². The Bertz CT molecular complexity index is 691. The average Bonchev–Trinajstić information content (AvgIpc) is 2.92. The van der Waals surface area contributed by atoms with Crippen LogP contribution >= 0.6 is 11.5 Å². The molecule has 0 radical (unpaired) electrons. The molecule has 0 fully saturated rings. The molecule has 10 heteroatoms. The van der Waals surface area contributed by atoms with E-state index >= 15 is 0 Å². The third-order valence-electron chi connectivity index (χ3n) is 2.53. The van der Waals surface area contributed by atoms with Gasteiger partial charge in [-0.25, -0.2) is 4.79 Å². The molecule has 23 heavy (non-hydrogen) atoms. The fourth-order valence-electron chi connectivity index (χ4n) is 1.53. The minimum Gasteiger partial charge on any atom is -0.451 e. The predicted molar refractivity (Wildman–Crippen MR) is 76.6 cm³/mol. The third kappa shape index (κ3) is 4.95. The number of amides is 1. The number of hydrogen-bond acceptors (Lipinski definition) is 7. The maximum atomic E-state index is 12.0. The van der Waals surface area contributed by atoms with Crippen LogP contribution in [0.3, 0.4) is 0 Å². The van der Waals surface area contributed by atoms with Crippen LogP contribution in [0.5, 0.6) is 5.75 Å². The molecule has 0 aliphatic carbocycles. The minimum atomic E-state index is -2.92. The second-order valence-electron chi connectivity index (χ2n) is 4.21. The van der Waals surface area contributed by atoms with Crippen LogP contribution in [0.25, 0.3) is 0 Å². The zero-order valence-corrected chi connectivity index (χ0v) is 12.6. The standard InChI is InChI=1S/C13H11F2N3O4S/c1-7-11(23-18-17-7)12(20)21-6-10(19)16-8-2-4-9(5-3-8)22-13(14)15/h2-5,13H,6H2,1H3,(H,16,19). The Morgan fingerprint density at radius 3 is 2.57 bits per heavy atom. The van der Waals surface area contributed by atoms with Gasteiger partial charge >= 0.3 is 12.6 Å². The molecule has 1 N–H and O–H groups in total. The van der Waals surface area contributed by atoms with E-state index in [1.165, 1.54) is 24.3 Å². The average molecular weight is 343 g/mol. The van der Waals surface area contributed by atoms with Crippen molar-refractivity contribution >= 4 is 29.1 Å². The van der Waals surface area contributed by atoms with Crippen molar-refractivity contribution in [2.24, 2.45) is 0 Å². The highest BCUT2D eigenvalue weighted by atomic mass is 32.1. The highest BCUT2D eigenvalue weighted by molar-refractivity contribution is 7.07. The van der Waals surface area contributed by atoms with Gasteiger partial charge in [0.1, 0.15) is 5.75 Å². The van der Waals surface area contributed by atoms with E-state index in [-0.39, 0.29) is 10.6 Å². The number of ether oxygens (including phenoxy) is 2. The number of rotatable bonds is 6. The number of benzene rings is 1. The number of nitrogens with one attached hydrogen (secondary N) is 1. The second-order valence-corrected chi connectivity index (χ2v) is 4.97. The number of carbonyl (C=O) groups is 2. The van der Waals surface area contributed by atoms with Crippen LogP contribution in [0.2, 0.25) is 0 Å². The molecule has 1 heterocycles. The number of carbonyl (C=O) groups excluding carboxylic acids is 2. The summed E-state index contributed by atoms with van der Waals surface area (Å²) in [5, 5.41) is 6.11. The SMILES string of the molecule is Cc1nnsc1C(=O)OCC(=O)Nc1ccc(OC(F)F)cc1. The van der Waals surface area contributed by atoms with E-state index in [2.05, 4.69) is 19.6 Å². The van der Waals surface area contributed by atoms with Crippen molar-refractivity contribution in [1.29, 1.82) is 0 Å². The summed E-state index contributed by atoms with van der Waals surface area (Å²) in [5.41, 5.74) is 0.776. The Morgan fingerprint density at radius 2 is 2.00 bits per heavy atom. The lowest BCUT2D eigenvalue weighted by Gasteiger charge is -2.08. The molecule has 0 bridgehead atoms. The van der Waals surface area contributed by atoms with Gasteiger partial charge in [0, 0.05) is 5.69 Å². The number of alkyl halides is 2. The van der Waals surface area contributed by atoms with Crippen LogP contribution in [0.15, 0.2) is 24.3 Å². The first-order valence-corrected chi connectivity index (χ1v) is 7.04. The molecule has 0 aliphatic heterocycles. The Hall–Kier alpha value is -2.62. The number of hydrogen-bond donors (Lipinski definition) is 1. The summed E-state index contributed by atoms with van der Waals surface area (Å²) < 4.78 is 36.6. The molecule has 0 spiro atoms. The van der Waals surface area contributed by atoms with E-state index in [0.717, 1.165) is 11.5 Å². The number of aryl methyl sites for hydroxylation is 1. The molecule has 2 aromatic rings. The van der Waals surface area contributed by atoms with Crippen molar-refractivity contribution in [3.05, 3.63) is 34.8 Å². The molecular weight excluding hydrogens is 332 g/mol. The van der Waals surface area contributed by atoms with E-state index in [1.54, 1.807) is 6.92 Å². The van der Waals surface area contributed by atoms with Gasteiger partial charge in [-0.1, -0.05) is 4.49 Å². The first-order chi connectivity index (χ1) is 11.0. The normalized spacial score (nSPS) is 10.4. The van der Waals surface area contributed by atoms with Gasteiger partial charge in [-0.05, 0) is 42.7 Å². The van der Waals surface area contributed by atoms with Gasteiger partial charge in [0.15, 0.2) is 11.5 Å². The molecule has 1 amide bonds. The Balaban J connectivity index is 1.83. The molecule has 0 saturated carbocycles. The molecule has 2 rings (SSSR count). The van der Waals surface area contributed by atoms with Gasteiger partial charge < -0.3 is 14.8 Å². The molecule has 1 aromatic carbocycles. The third-order valence-corrected chi connectivity index (χ3v) is 3.34. The zero-order chi connectivity index (χ0) is 16.8. The summed E-state index contributed by atoms with van der Waals surface area (Å²) in [7, 11) is 0. The van der Waals surface area contributed by atoms with Crippen LogP contribution < -0.4 is 10.1 Å². The highest BCUT2D eigenvalue weighted by Gasteiger charge is 2.16. The molecule has 1 aromatic heterocycles. The maximum Gasteiger partial charge on any atom is 0.387 e. The predicted octanol–water partition coefficient (Wildman–Crippen LogP) is 2.24. The van der Waals surface area contributed by atoms with E-state index in [1.807, 2.05) is 0 Å². The summed E-state index contributed by atoms with van der Waals surface area (Å²) in [6.07, 6.45) is 0. The molecule has 7 nitrogen and oxygen atoms in total. The summed E-state index contributed by atoms with van der Waals surface area (Å²) in [6.45, 7) is -1.81. The number of aromatic nitrogens is 2. The number of esters is 1. The van der Waals surface area contributed by atoms with Crippen molar-refractivity contribution in [1.82, 2.24) is 9.59 Å². The van der Waals surface area contributed by atoms with Crippen LogP contribution in [-0.4, -0.2) is 34.7 Å². The van der Waals surface area contributed by atoms with Crippen LogP contribution in [-0.2, 0) is 9.53 Å². The zero-order valence-electron chi connectivity index (χ0n) is 11.8. The topological polar surface area (TPSA) is 90.4 Å². The van der Waals surface area contributed by atoms with Crippen LogP contribution in [0, 0.1) is 6.92 Å². The fourth-order valence-corrected chi connectivity index (χ4v) is 2.08. The monoisotopic (exact) mass is 343 g/mol. The fraction of sp³-hybridized carbons (Fsp3) is 0.231. The Morgan fingerprint density at radius 1 is 1.30 bits per heavy atom. The highest BCUT2D eigenvalue weighted by Crippen LogP contribution is 2.17. The van der Waals surface area contributed by atoms with Gasteiger partial charge in [-0.3, -0.25) is 4.79 Å². The first kappa shape index (κ1) is 16.7. The molecule has 122 valence electrons. The van der Waals surface area contributed by atoms with Crippen molar-refractivity contribution < 1.29 is 27.8 Å². The van der Waals surface area contributed by atoms with Gasteiger partial charge in [0.2, 0.25) is 0 Å². The van der Waals surface area contributed by atoms with Gasteiger partial charge in [-0.15, -0.1) is 5.10 Å². The Labute approximate surface area is 133 Å². The lowest BCUT2D eigenvalue weighted by atomic mass is 10.3. The molecular formula is C13H11F2N3O4S. The van der Waals surface area contributed by atoms with E-state index in [4.69, 9.17) is 4.74 Å². The number of halogens is 2. The summed E-state index contributed by atoms with van der Waals surface area (Å²) in [5.74, 6) is -1.29. The van der Waals surface area contributed by atoms with Gasteiger partial charge in [0.25, 0.3) is 5.91 Å². The van der Waals surface area contributed by atoms with Crippen molar-refractivity contribution in [3.8, 4) is 5.75 Å². The smallest absolute Gasteiger partial charge is 0.387 e. The minimum absolute atomic E-state index is 0.0300. The van der Waals surface area contributed by atoms with E-state index in [9.17, 15) is 18.4 Å². The van der Waals surface area contributed by atoms with Crippen molar-refractivity contribution in [2.75, 3.05) is 11.9 Å². The first-order valence-electron chi connectivity index (χ1n) is 6.26. The largest absolute Gasteiger partial charge is 0.451 e. The Kier molecular flexibility index (Phi) is 5.52. The summed E-state index contributed by atoms with van der Waals surface area (Å²) in [4.78, 5) is 23.6. The lowest BCUT2D eigenvalue weighted by molar-refractivity contribution is -0.119. The summed E-state index contributed by atoms with van der Waals surface area (Å²) >= 11 is 0.877. The quantitative estimate of drug-likeness (QED) is 0.809. The van der Waals surface area contributed by atoms with Gasteiger partial charge in [-0.2, -0.15) is 8.78 Å². The van der Waals surface area contributed by atoms with E-state index in [0.29, 0.717) is 11.4 Å². The molecule has 0 saturated heterocycles. The maximum absolute atomic E-state index is 12.0. The molecule has 0 atom stereocenters. The second kappa shape index (κ2) is 7.58. The number of nitrogens with zero attached hydrogens (tertiary/aromatic N) is 2.